The molecule has 1 aromatic carbocycles. The fourth-order valence-corrected chi connectivity index (χ4v) is 2.45. The van der Waals surface area contributed by atoms with Crippen molar-refractivity contribution in [2.45, 2.75) is 19.5 Å². The lowest BCUT2D eigenvalue weighted by Gasteiger charge is -2.07. The number of benzene rings is 1. The number of aryl methyl sites for hydroxylation is 1. The first-order chi connectivity index (χ1) is 10.9. The molecule has 23 heavy (non-hydrogen) atoms. The number of nitrogens with zero attached hydrogens (tertiary/aromatic N) is 3. The molecule has 0 saturated carbocycles. The summed E-state index contributed by atoms with van der Waals surface area (Å²) in [5, 5.41) is 9.03. The first-order valence-electron chi connectivity index (χ1n) is 6.92. The van der Waals surface area contributed by atoms with Crippen LogP contribution in [0.25, 0.3) is 16.9 Å². The molecular weight excluding hydrogens is 303 g/mol. The number of aromatic nitrogens is 2. The van der Waals surface area contributed by atoms with Gasteiger partial charge in [0.25, 0.3) is 0 Å². The Hall–Kier alpha value is -2.81. The van der Waals surface area contributed by atoms with Gasteiger partial charge in [-0.1, -0.05) is 29.8 Å². The lowest BCUT2D eigenvalue weighted by Crippen LogP contribution is -2.07. The quantitative estimate of drug-likeness (QED) is 0.703. The maximum atomic E-state index is 12.9. The van der Waals surface area contributed by atoms with Crippen LogP contribution in [0.2, 0.25) is 0 Å². The standard InChI is InChI=1S/C17H12F3N3/c1-11-2-4-12(5-3-11)16-14(8-9-21)23-10-13(17(18,19)20)6-7-15(23)22-16/h2-7,10H,8H2,1H3. The smallest absolute Gasteiger partial charge is 0.302 e. The largest absolute Gasteiger partial charge is 0.417 e. The van der Waals surface area contributed by atoms with Crippen molar-refractivity contribution in [2.75, 3.05) is 0 Å². The number of hydrogen-bond acceptors (Lipinski definition) is 2. The first-order valence-corrected chi connectivity index (χ1v) is 6.92. The van der Waals surface area contributed by atoms with Crippen LogP contribution in [0.4, 0.5) is 13.2 Å². The van der Waals surface area contributed by atoms with Gasteiger partial charge in [-0.2, -0.15) is 18.4 Å². The van der Waals surface area contributed by atoms with Crippen molar-refractivity contribution in [3.8, 4) is 17.3 Å². The van der Waals surface area contributed by atoms with Crippen molar-refractivity contribution in [1.29, 1.82) is 5.26 Å². The topological polar surface area (TPSA) is 41.1 Å². The molecule has 3 nitrogen and oxygen atoms in total. The number of imidazole rings is 1. The molecule has 0 radical (unpaired) electrons. The molecule has 0 atom stereocenters. The Morgan fingerprint density at radius 2 is 1.83 bits per heavy atom. The van der Waals surface area contributed by atoms with E-state index in [-0.39, 0.29) is 6.42 Å². The summed E-state index contributed by atoms with van der Waals surface area (Å²) in [6.07, 6.45) is -3.47. The van der Waals surface area contributed by atoms with Crippen molar-refractivity contribution in [3.05, 3.63) is 59.4 Å². The van der Waals surface area contributed by atoms with Gasteiger partial charge in [-0.05, 0) is 19.1 Å². The summed E-state index contributed by atoms with van der Waals surface area (Å²) in [6, 6.07) is 11.8. The van der Waals surface area contributed by atoms with Gasteiger partial charge in [0.2, 0.25) is 0 Å². The van der Waals surface area contributed by atoms with Gasteiger partial charge in [0.1, 0.15) is 5.65 Å². The van der Waals surface area contributed by atoms with Crippen molar-refractivity contribution in [1.82, 2.24) is 9.38 Å². The lowest BCUT2D eigenvalue weighted by molar-refractivity contribution is -0.137. The minimum absolute atomic E-state index is 0.0221. The Labute approximate surface area is 130 Å². The van der Waals surface area contributed by atoms with E-state index in [0.717, 1.165) is 23.4 Å². The third-order valence-corrected chi connectivity index (χ3v) is 3.62. The molecule has 0 bridgehead atoms. The Balaban J connectivity index is 2.24. The van der Waals surface area contributed by atoms with E-state index < -0.39 is 11.7 Å². The van der Waals surface area contributed by atoms with Crippen LogP contribution in [0.5, 0.6) is 0 Å². The van der Waals surface area contributed by atoms with E-state index in [2.05, 4.69) is 4.98 Å². The van der Waals surface area contributed by atoms with E-state index in [4.69, 9.17) is 5.26 Å². The van der Waals surface area contributed by atoms with Gasteiger partial charge in [-0.25, -0.2) is 4.98 Å². The maximum Gasteiger partial charge on any atom is 0.417 e. The number of alkyl halides is 3. The minimum atomic E-state index is -4.44. The lowest BCUT2D eigenvalue weighted by atomic mass is 10.1. The molecular formula is C17H12F3N3. The Kier molecular flexibility index (Phi) is 3.57. The maximum absolute atomic E-state index is 12.9. The van der Waals surface area contributed by atoms with Crippen LogP contribution < -0.4 is 0 Å². The van der Waals surface area contributed by atoms with Crippen LogP contribution in [0.1, 0.15) is 16.8 Å². The van der Waals surface area contributed by atoms with Crippen LogP contribution >= 0.6 is 0 Å². The van der Waals surface area contributed by atoms with E-state index in [9.17, 15) is 13.2 Å². The minimum Gasteiger partial charge on any atom is -0.302 e. The summed E-state index contributed by atoms with van der Waals surface area (Å²) >= 11 is 0. The molecule has 3 aromatic rings. The van der Waals surface area contributed by atoms with Gasteiger partial charge in [-0.15, -0.1) is 0 Å². The Morgan fingerprint density at radius 1 is 1.13 bits per heavy atom. The molecule has 2 heterocycles. The highest BCUT2D eigenvalue weighted by Gasteiger charge is 2.31. The van der Waals surface area contributed by atoms with Gasteiger partial charge < -0.3 is 4.40 Å². The van der Waals surface area contributed by atoms with Gasteiger partial charge >= 0.3 is 6.18 Å². The fourth-order valence-electron chi connectivity index (χ4n) is 2.45. The van der Waals surface area contributed by atoms with E-state index in [1.165, 1.54) is 10.5 Å². The molecule has 0 aliphatic heterocycles. The average Bonchev–Trinajstić information content (AvgIpc) is 2.86. The molecule has 2 aromatic heterocycles. The number of halogens is 3. The number of nitriles is 1. The molecule has 0 aliphatic rings. The Bertz CT molecular complexity index is 900. The highest BCUT2D eigenvalue weighted by molar-refractivity contribution is 5.67. The van der Waals surface area contributed by atoms with Crippen molar-refractivity contribution < 1.29 is 13.2 Å². The van der Waals surface area contributed by atoms with Crippen molar-refractivity contribution in [2.24, 2.45) is 0 Å². The SMILES string of the molecule is Cc1ccc(-c2nc3ccc(C(F)(F)F)cn3c2CC#N)cc1. The summed E-state index contributed by atoms with van der Waals surface area (Å²) in [4.78, 5) is 4.40. The summed E-state index contributed by atoms with van der Waals surface area (Å²) < 4.78 is 40.1. The Morgan fingerprint density at radius 3 is 2.43 bits per heavy atom. The normalized spacial score (nSPS) is 11.6. The zero-order chi connectivity index (χ0) is 16.6. The monoisotopic (exact) mass is 315 g/mol. The second-order valence-corrected chi connectivity index (χ2v) is 5.25. The zero-order valence-electron chi connectivity index (χ0n) is 12.2. The van der Waals surface area contributed by atoms with Crippen LogP contribution in [-0.2, 0) is 12.6 Å². The third-order valence-electron chi connectivity index (χ3n) is 3.62. The molecule has 0 aliphatic carbocycles. The van der Waals surface area contributed by atoms with E-state index >= 15 is 0 Å². The van der Waals surface area contributed by atoms with Crippen LogP contribution in [0, 0.1) is 18.3 Å². The van der Waals surface area contributed by atoms with Crippen LogP contribution in [0.15, 0.2) is 42.6 Å². The summed E-state index contributed by atoms with van der Waals surface area (Å²) in [5.74, 6) is 0. The summed E-state index contributed by atoms with van der Waals surface area (Å²) in [6.45, 7) is 1.94. The molecule has 6 heteroatoms. The highest BCUT2D eigenvalue weighted by Crippen LogP contribution is 2.31. The molecule has 116 valence electrons. The van der Waals surface area contributed by atoms with Gasteiger partial charge in [-0.3, -0.25) is 0 Å². The van der Waals surface area contributed by atoms with Gasteiger partial charge in [0, 0.05) is 11.8 Å². The number of hydrogen-bond donors (Lipinski definition) is 0. The van der Waals surface area contributed by atoms with E-state index in [0.29, 0.717) is 17.0 Å². The van der Waals surface area contributed by atoms with Crippen molar-refractivity contribution >= 4 is 5.65 Å². The molecule has 0 unspecified atom stereocenters. The molecule has 0 N–H and O–H groups in total. The van der Waals surface area contributed by atoms with E-state index in [1.807, 2.05) is 37.3 Å². The predicted molar refractivity (Wildman–Crippen MR) is 79.7 cm³/mol. The van der Waals surface area contributed by atoms with Crippen LogP contribution in [-0.4, -0.2) is 9.38 Å². The van der Waals surface area contributed by atoms with Crippen LogP contribution in [0.3, 0.4) is 0 Å². The number of rotatable bonds is 2. The first kappa shape index (κ1) is 15.1. The predicted octanol–water partition coefficient (Wildman–Crippen LogP) is 4.39. The van der Waals surface area contributed by atoms with E-state index in [1.54, 1.807) is 0 Å². The number of fused-ring (bicyclic) bond motifs is 1. The fraction of sp³-hybridized carbons (Fsp3) is 0.176. The molecule has 0 saturated heterocycles. The highest BCUT2D eigenvalue weighted by atomic mass is 19.4. The molecule has 0 amide bonds. The zero-order valence-corrected chi connectivity index (χ0v) is 12.2. The van der Waals surface area contributed by atoms with Gasteiger partial charge in [0.15, 0.2) is 0 Å². The molecule has 3 rings (SSSR count). The van der Waals surface area contributed by atoms with Crippen molar-refractivity contribution in [3.63, 3.8) is 0 Å². The second-order valence-electron chi connectivity index (χ2n) is 5.25. The summed E-state index contributed by atoms with van der Waals surface area (Å²) in [5.41, 5.74) is 2.45. The molecule has 0 spiro atoms. The summed E-state index contributed by atoms with van der Waals surface area (Å²) in [7, 11) is 0. The number of pyridine rings is 1. The second kappa shape index (κ2) is 5.43. The van der Waals surface area contributed by atoms with Gasteiger partial charge in [0.05, 0.1) is 29.4 Å². The molecule has 0 fully saturated rings. The average molecular weight is 315 g/mol. The third kappa shape index (κ3) is 2.78.